The van der Waals surface area contributed by atoms with Crippen LogP contribution < -0.4 is 10.5 Å². The molecule has 1 aromatic carbocycles. The van der Waals surface area contributed by atoms with Crippen LogP contribution in [0.1, 0.15) is 31.7 Å². The zero-order chi connectivity index (χ0) is 14.3. The molecule has 1 aliphatic carbocycles. The van der Waals surface area contributed by atoms with Crippen molar-refractivity contribution in [2.75, 3.05) is 0 Å². The number of hydrogen-bond acceptors (Lipinski definition) is 3. The van der Waals surface area contributed by atoms with E-state index >= 15 is 0 Å². The van der Waals surface area contributed by atoms with Gasteiger partial charge in [-0.15, -0.1) is 0 Å². The molecule has 0 heterocycles. The fraction of sp³-hybridized carbons (Fsp3) is 0.500. The number of nitrogens with one attached hydrogen (secondary N) is 1. The lowest BCUT2D eigenvalue weighted by Gasteiger charge is -2.38. The number of sulfonamides is 1. The van der Waals surface area contributed by atoms with E-state index in [0.29, 0.717) is 4.47 Å². The zero-order valence-corrected chi connectivity index (χ0v) is 12.9. The van der Waals surface area contributed by atoms with Crippen molar-refractivity contribution in [3.63, 3.8) is 0 Å². The van der Waals surface area contributed by atoms with E-state index in [2.05, 4.69) is 20.7 Å². The second-order valence-corrected chi connectivity index (χ2v) is 7.67. The molecule has 3 N–H and O–H groups in total. The van der Waals surface area contributed by atoms with Crippen molar-refractivity contribution in [1.82, 2.24) is 4.72 Å². The van der Waals surface area contributed by atoms with Crippen LogP contribution in [0.15, 0.2) is 21.5 Å². The van der Waals surface area contributed by atoms with Gasteiger partial charge in [0, 0.05) is 22.1 Å². The summed E-state index contributed by atoms with van der Waals surface area (Å²) in [5, 5.41) is 0. The molecule has 7 heteroatoms. The van der Waals surface area contributed by atoms with Crippen LogP contribution in [0.4, 0.5) is 4.39 Å². The lowest BCUT2D eigenvalue weighted by molar-refractivity contribution is 0.247. The normalized spacial score (nSPS) is 18.1. The van der Waals surface area contributed by atoms with Crippen LogP contribution in [0, 0.1) is 5.82 Å². The van der Waals surface area contributed by atoms with E-state index < -0.39 is 21.4 Å². The van der Waals surface area contributed by atoms with Crippen LogP contribution in [0.25, 0.3) is 0 Å². The van der Waals surface area contributed by atoms with Crippen molar-refractivity contribution in [2.45, 2.75) is 43.2 Å². The second-order valence-electron chi connectivity index (χ2n) is 5.10. The van der Waals surface area contributed by atoms with Crippen molar-refractivity contribution in [1.29, 1.82) is 0 Å². The lowest BCUT2D eigenvalue weighted by atomic mass is 9.80. The summed E-state index contributed by atoms with van der Waals surface area (Å²) in [4.78, 5) is -0.351. The highest BCUT2D eigenvalue weighted by Crippen LogP contribution is 2.33. The summed E-state index contributed by atoms with van der Waals surface area (Å²) in [6, 6.07) is 2.75. The summed E-state index contributed by atoms with van der Waals surface area (Å²) in [5.74, 6) is -0.777. The molecule has 1 aliphatic rings. The predicted octanol–water partition coefficient (Wildman–Crippen LogP) is 2.27. The largest absolute Gasteiger partial charge is 0.326 e. The van der Waals surface area contributed by atoms with Gasteiger partial charge in [0.15, 0.2) is 0 Å². The van der Waals surface area contributed by atoms with E-state index in [9.17, 15) is 12.8 Å². The Kier molecular flexibility index (Phi) is 4.02. The molecule has 1 saturated carbocycles. The Balaban J connectivity index is 2.42. The van der Waals surface area contributed by atoms with Gasteiger partial charge in [0.1, 0.15) is 10.7 Å². The summed E-state index contributed by atoms with van der Waals surface area (Å²) in [6.45, 7) is 1.78. The minimum Gasteiger partial charge on any atom is -0.326 e. The standard InChI is InChI=1S/C12H16BrFN2O2S/c1-12(3-2-4-12)16-19(17,18)10-6-9(13)5-8(7-15)11(10)14/h5-6,16H,2-4,7,15H2,1H3. The van der Waals surface area contributed by atoms with Gasteiger partial charge < -0.3 is 5.73 Å². The van der Waals surface area contributed by atoms with Gasteiger partial charge in [0.25, 0.3) is 0 Å². The summed E-state index contributed by atoms with van der Waals surface area (Å²) in [5.41, 5.74) is 5.13. The van der Waals surface area contributed by atoms with Gasteiger partial charge in [0.2, 0.25) is 10.0 Å². The summed E-state index contributed by atoms with van der Waals surface area (Å²) in [7, 11) is -3.88. The van der Waals surface area contributed by atoms with Gasteiger partial charge in [-0.25, -0.2) is 17.5 Å². The van der Waals surface area contributed by atoms with E-state index in [1.54, 1.807) is 0 Å². The number of benzene rings is 1. The summed E-state index contributed by atoms with van der Waals surface area (Å²) < 4.78 is 41.7. The molecule has 0 saturated heterocycles. The summed E-state index contributed by atoms with van der Waals surface area (Å²) in [6.07, 6.45) is 2.52. The molecule has 0 amide bonds. The molecule has 0 aromatic heterocycles. The lowest BCUT2D eigenvalue weighted by Crippen LogP contribution is -2.50. The summed E-state index contributed by atoms with van der Waals surface area (Å²) >= 11 is 3.18. The van der Waals surface area contributed by atoms with Crippen LogP contribution >= 0.6 is 15.9 Å². The predicted molar refractivity (Wildman–Crippen MR) is 74.6 cm³/mol. The van der Waals surface area contributed by atoms with Crippen LogP contribution in [0.3, 0.4) is 0 Å². The fourth-order valence-corrected chi connectivity index (χ4v) is 4.42. The Morgan fingerprint density at radius 1 is 1.47 bits per heavy atom. The van der Waals surface area contributed by atoms with Gasteiger partial charge in [-0.3, -0.25) is 0 Å². The molecule has 1 fully saturated rings. The maximum Gasteiger partial charge on any atom is 0.244 e. The third-order valence-corrected chi connectivity index (χ3v) is 5.52. The Labute approximate surface area is 120 Å². The second kappa shape index (κ2) is 5.12. The number of halogens is 2. The van der Waals surface area contributed by atoms with Crippen molar-refractivity contribution < 1.29 is 12.8 Å². The van der Waals surface area contributed by atoms with E-state index in [-0.39, 0.29) is 17.0 Å². The molecule has 0 bridgehead atoms. The molecular formula is C12H16BrFN2O2S. The first kappa shape index (κ1) is 14.9. The maximum absolute atomic E-state index is 14.1. The minimum absolute atomic E-state index is 0.0505. The van der Waals surface area contributed by atoms with Gasteiger partial charge in [-0.05, 0) is 38.3 Å². The number of nitrogens with two attached hydrogens (primary N) is 1. The average Bonchev–Trinajstić information content (AvgIpc) is 2.29. The van der Waals surface area contributed by atoms with E-state index in [1.165, 1.54) is 12.1 Å². The molecule has 106 valence electrons. The average molecular weight is 351 g/mol. The van der Waals surface area contributed by atoms with Crippen molar-refractivity contribution in [3.05, 3.63) is 28.0 Å². The molecule has 0 atom stereocenters. The van der Waals surface area contributed by atoms with Crippen molar-refractivity contribution >= 4 is 26.0 Å². The molecule has 2 rings (SSSR count). The molecular weight excluding hydrogens is 335 g/mol. The van der Waals surface area contributed by atoms with Gasteiger partial charge in [-0.1, -0.05) is 15.9 Å². The Bertz CT molecular complexity index is 600. The Hall–Kier alpha value is -0.500. The van der Waals surface area contributed by atoms with Gasteiger partial charge in [-0.2, -0.15) is 0 Å². The highest BCUT2D eigenvalue weighted by atomic mass is 79.9. The Morgan fingerprint density at radius 2 is 2.11 bits per heavy atom. The number of rotatable bonds is 4. The van der Waals surface area contributed by atoms with Crippen LogP contribution in [-0.4, -0.2) is 14.0 Å². The van der Waals surface area contributed by atoms with Crippen molar-refractivity contribution in [2.24, 2.45) is 5.73 Å². The monoisotopic (exact) mass is 350 g/mol. The molecule has 0 unspecified atom stereocenters. The van der Waals surface area contributed by atoms with Crippen LogP contribution in [0.5, 0.6) is 0 Å². The smallest absolute Gasteiger partial charge is 0.244 e. The van der Waals surface area contributed by atoms with Gasteiger partial charge in [0.05, 0.1) is 0 Å². The van der Waals surface area contributed by atoms with Gasteiger partial charge >= 0.3 is 0 Å². The molecule has 0 radical (unpaired) electrons. The first-order valence-corrected chi connectivity index (χ1v) is 8.27. The van der Waals surface area contributed by atoms with E-state index in [0.717, 1.165) is 19.3 Å². The minimum atomic E-state index is -3.88. The zero-order valence-electron chi connectivity index (χ0n) is 10.5. The highest BCUT2D eigenvalue weighted by molar-refractivity contribution is 9.10. The molecule has 0 aliphatic heterocycles. The molecule has 0 spiro atoms. The van der Waals surface area contributed by atoms with E-state index in [1.807, 2.05) is 6.92 Å². The third kappa shape index (κ3) is 2.99. The van der Waals surface area contributed by atoms with E-state index in [4.69, 9.17) is 5.73 Å². The SMILES string of the molecule is CC1(NS(=O)(=O)c2cc(Br)cc(CN)c2F)CCC1. The van der Waals surface area contributed by atoms with Crippen molar-refractivity contribution in [3.8, 4) is 0 Å². The fourth-order valence-electron chi connectivity index (χ4n) is 2.15. The van der Waals surface area contributed by atoms with Crippen LogP contribution in [0.2, 0.25) is 0 Å². The maximum atomic E-state index is 14.1. The number of hydrogen-bond donors (Lipinski definition) is 2. The first-order valence-electron chi connectivity index (χ1n) is 5.99. The molecule has 19 heavy (non-hydrogen) atoms. The molecule has 1 aromatic rings. The quantitative estimate of drug-likeness (QED) is 0.874. The first-order chi connectivity index (χ1) is 8.77. The van der Waals surface area contributed by atoms with Crippen LogP contribution in [-0.2, 0) is 16.6 Å². The molecule has 4 nitrogen and oxygen atoms in total. The topological polar surface area (TPSA) is 72.2 Å². The Morgan fingerprint density at radius 3 is 2.58 bits per heavy atom. The highest BCUT2D eigenvalue weighted by Gasteiger charge is 2.37. The third-order valence-electron chi connectivity index (χ3n) is 3.43.